The summed E-state index contributed by atoms with van der Waals surface area (Å²) in [7, 11) is 3.32. The van der Waals surface area contributed by atoms with Crippen LogP contribution in [-0.2, 0) is 9.59 Å². The maximum atomic E-state index is 11.9. The third kappa shape index (κ3) is 4.43. The molecule has 0 saturated heterocycles. The molecule has 0 aliphatic heterocycles. The van der Waals surface area contributed by atoms with Crippen molar-refractivity contribution in [3.63, 3.8) is 0 Å². The maximum Gasteiger partial charge on any atom is 0.241 e. The molecule has 0 aromatic heterocycles. The van der Waals surface area contributed by atoms with Gasteiger partial charge in [-0.1, -0.05) is 30.3 Å². The first kappa shape index (κ1) is 14.7. The third-order valence-corrected chi connectivity index (χ3v) is 2.66. The van der Waals surface area contributed by atoms with E-state index in [2.05, 4.69) is 5.32 Å². The highest BCUT2D eigenvalue weighted by atomic mass is 16.2. The molecule has 100 valence electrons. The molecule has 2 amide bonds. The molecule has 0 spiro atoms. The number of hydrogen-bond acceptors (Lipinski definition) is 3. The minimum atomic E-state index is -0.837. The Bertz CT molecular complexity index is 477. The van der Waals surface area contributed by atoms with Gasteiger partial charge in [0.05, 0.1) is 6.07 Å². The van der Waals surface area contributed by atoms with Crippen LogP contribution in [0, 0.1) is 11.3 Å². The zero-order valence-corrected chi connectivity index (χ0v) is 11.1. The molecule has 1 rings (SSSR count). The van der Waals surface area contributed by atoms with Crippen molar-refractivity contribution in [1.29, 1.82) is 5.26 Å². The minimum absolute atomic E-state index is 0.0616. The Kier molecular flexibility index (Phi) is 5.55. The van der Waals surface area contributed by atoms with Gasteiger partial charge in [-0.2, -0.15) is 5.26 Å². The molecular formula is C14H17N3O2. The first-order valence-electron chi connectivity index (χ1n) is 5.98. The van der Waals surface area contributed by atoms with Gasteiger partial charge in [-0.3, -0.25) is 9.59 Å². The van der Waals surface area contributed by atoms with Crippen molar-refractivity contribution in [2.45, 2.75) is 12.3 Å². The summed E-state index contributed by atoms with van der Waals surface area (Å²) in [6.45, 7) is 0.237. The lowest BCUT2D eigenvalue weighted by Crippen LogP contribution is -2.33. The highest BCUT2D eigenvalue weighted by Crippen LogP contribution is 2.14. The van der Waals surface area contributed by atoms with Gasteiger partial charge in [0.15, 0.2) is 0 Å². The van der Waals surface area contributed by atoms with E-state index in [0.717, 1.165) is 0 Å². The van der Waals surface area contributed by atoms with Crippen LogP contribution in [0.5, 0.6) is 0 Å². The normalized spacial score (nSPS) is 11.2. The van der Waals surface area contributed by atoms with E-state index in [4.69, 9.17) is 5.26 Å². The highest BCUT2D eigenvalue weighted by Gasteiger charge is 2.19. The van der Waals surface area contributed by atoms with Crippen molar-refractivity contribution < 1.29 is 9.59 Å². The summed E-state index contributed by atoms with van der Waals surface area (Å²) in [4.78, 5) is 24.7. The lowest BCUT2D eigenvalue weighted by atomic mass is 10.00. The van der Waals surface area contributed by atoms with Crippen LogP contribution in [0.2, 0.25) is 0 Å². The molecule has 5 nitrogen and oxygen atoms in total. The lowest BCUT2D eigenvalue weighted by molar-refractivity contribution is -0.128. The average molecular weight is 259 g/mol. The van der Waals surface area contributed by atoms with Crippen molar-refractivity contribution in [3.05, 3.63) is 35.9 Å². The predicted molar refractivity (Wildman–Crippen MR) is 71.1 cm³/mol. The summed E-state index contributed by atoms with van der Waals surface area (Å²) in [5.74, 6) is -1.27. The lowest BCUT2D eigenvalue weighted by Gasteiger charge is -2.12. The fraction of sp³-hybridized carbons (Fsp3) is 0.357. The first-order chi connectivity index (χ1) is 9.06. The summed E-state index contributed by atoms with van der Waals surface area (Å²) in [6.07, 6.45) is 0.228. The van der Waals surface area contributed by atoms with Gasteiger partial charge >= 0.3 is 0 Å². The number of nitrogens with zero attached hydrogens (tertiary/aromatic N) is 2. The topological polar surface area (TPSA) is 73.2 Å². The van der Waals surface area contributed by atoms with Crippen LogP contribution in [0.1, 0.15) is 17.9 Å². The van der Waals surface area contributed by atoms with Gasteiger partial charge in [0.25, 0.3) is 0 Å². The molecule has 0 aliphatic rings. The Hall–Kier alpha value is -2.35. The van der Waals surface area contributed by atoms with Crippen LogP contribution < -0.4 is 5.32 Å². The zero-order valence-electron chi connectivity index (χ0n) is 11.1. The number of carbonyl (C=O) groups excluding carboxylic acids is 2. The van der Waals surface area contributed by atoms with E-state index in [1.165, 1.54) is 4.90 Å². The van der Waals surface area contributed by atoms with E-state index < -0.39 is 5.92 Å². The fourth-order valence-electron chi connectivity index (χ4n) is 1.55. The molecule has 0 fully saturated rings. The number of benzene rings is 1. The summed E-state index contributed by atoms with van der Waals surface area (Å²) in [5.41, 5.74) is 0.654. The summed E-state index contributed by atoms with van der Waals surface area (Å²) < 4.78 is 0. The van der Waals surface area contributed by atoms with Crippen molar-refractivity contribution >= 4 is 11.8 Å². The van der Waals surface area contributed by atoms with Crippen LogP contribution in [0.3, 0.4) is 0 Å². The number of hydrogen-bond donors (Lipinski definition) is 1. The molecular weight excluding hydrogens is 242 g/mol. The molecule has 5 heteroatoms. The van der Waals surface area contributed by atoms with Crippen LogP contribution in [0.4, 0.5) is 0 Å². The number of amides is 2. The first-order valence-corrected chi connectivity index (χ1v) is 5.98. The minimum Gasteiger partial charge on any atom is -0.354 e. The molecule has 1 atom stereocenters. The SMILES string of the molecule is CN(C)C(=O)CCNC(=O)C(C#N)c1ccccc1. The second-order valence-electron chi connectivity index (χ2n) is 4.30. The van der Waals surface area contributed by atoms with E-state index >= 15 is 0 Å². The molecule has 0 saturated carbocycles. The highest BCUT2D eigenvalue weighted by molar-refractivity contribution is 5.86. The maximum absolute atomic E-state index is 11.9. The Morgan fingerprint density at radius 1 is 1.32 bits per heavy atom. The number of rotatable bonds is 5. The predicted octanol–water partition coefficient (Wildman–Crippen LogP) is 0.888. The van der Waals surface area contributed by atoms with Gasteiger partial charge in [-0.25, -0.2) is 0 Å². The van der Waals surface area contributed by atoms with Crippen LogP contribution in [0.25, 0.3) is 0 Å². The largest absolute Gasteiger partial charge is 0.354 e. The van der Waals surface area contributed by atoms with Gasteiger partial charge in [-0.15, -0.1) is 0 Å². The van der Waals surface area contributed by atoms with Crippen LogP contribution in [0.15, 0.2) is 30.3 Å². The molecule has 0 radical (unpaired) electrons. The van der Waals surface area contributed by atoms with Gasteiger partial charge in [0, 0.05) is 27.1 Å². The Balaban J connectivity index is 2.53. The number of nitriles is 1. The van der Waals surface area contributed by atoms with E-state index in [9.17, 15) is 9.59 Å². The molecule has 1 unspecified atom stereocenters. The Labute approximate surface area is 112 Å². The van der Waals surface area contributed by atoms with Gasteiger partial charge in [0.2, 0.25) is 11.8 Å². The Morgan fingerprint density at radius 2 is 1.95 bits per heavy atom. The second-order valence-corrected chi connectivity index (χ2v) is 4.30. The average Bonchev–Trinajstić information content (AvgIpc) is 2.40. The molecule has 19 heavy (non-hydrogen) atoms. The third-order valence-electron chi connectivity index (χ3n) is 2.66. The van der Waals surface area contributed by atoms with Crippen molar-refractivity contribution in [1.82, 2.24) is 10.2 Å². The van der Waals surface area contributed by atoms with Crippen LogP contribution in [-0.4, -0.2) is 37.4 Å². The standard InChI is InChI=1S/C14H17N3O2/c1-17(2)13(18)8-9-16-14(19)12(10-15)11-6-4-3-5-7-11/h3-7,12H,8-9H2,1-2H3,(H,16,19). The summed E-state index contributed by atoms with van der Waals surface area (Å²) in [5, 5.41) is 11.7. The fourth-order valence-corrected chi connectivity index (χ4v) is 1.55. The van der Waals surface area contributed by atoms with E-state index in [1.54, 1.807) is 38.4 Å². The monoisotopic (exact) mass is 259 g/mol. The van der Waals surface area contributed by atoms with E-state index in [-0.39, 0.29) is 24.8 Å². The van der Waals surface area contributed by atoms with Gasteiger partial charge in [-0.05, 0) is 5.56 Å². The van der Waals surface area contributed by atoms with Crippen molar-refractivity contribution in [2.24, 2.45) is 0 Å². The quantitative estimate of drug-likeness (QED) is 0.853. The van der Waals surface area contributed by atoms with E-state index in [0.29, 0.717) is 5.56 Å². The molecule has 1 aromatic carbocycles. The molecule has 1 aromatic rings. The molecule has 0 heterocycles. The second kappa shape index (κ2) is 7.17. The smallest absolute Gasteiger partial charge is 0.241 e. The summed E-state index contributed by atoms with van der Waals surface area (Å²) in [6, 6.07) is 10.8. The zero-order chi connectivity index (χ0) is 14.3. The number of carbonyl (C=O) groups is 2. The van der Waals surface area contributed by atoms with Crippen molar-refractivity contribution in [2.75, 3.05) is 20.6 Å². The van der Waals surface area contributed by atoms with Crippen molar-refractivity contribution in [3.8, 4) is 6.07 Å². The molecule has 0 bridgehead atoms. The molecule has 1 N–H and O–H groups in total. The molecule has 0 aliphatic carbocycles. The van der Waals surface area contributed by atoms with Gasteiger partial charge < -0.3 is 10.2 Å². The van der Waals surface area contributed by atoms with Gasteiger partial charge in [0.1, 0.15) is 5.92 Å². The van der Waals surface area contributed by atoms with Crippen LogP contribution >= 0.6 is 0 Å². The Morgan fingerprint density at radius 3 is 2.47 bits per heavy atom. The van der Waals surface area contributed by atoms with E-state index in [1.807, 2.05) is 12.1 Å². The summed E-state index contributed by atoms with van der Waals surface area (Å²) >= 11 is 0. The number of nitrogens with one attached hydrogen (secondary N) is 1.